The molecule has 0 saturated carbocycles. The number of fused-ring (bicyclic) bond motifs is 1. The van der Waals surface area contributed by atoms with Crippen molar-refractivity contribution >= 4 is 17.1 Å². The molecule has 15 heavy (non-hydrogen) atoms. The molecule has 0 bridgehead atoms. The van der Waals surface area contributed by atoms with E-state index < -0.39 is 0 Å². The fourth-order valence-corrected chi connectivity index (χ4v) is 1.51. The molecule has 0 fully saturated rings. The second-order valence-corrected chi connectivity index (χ2v) is 3.10. The summed E-state index contributed by atoms with van der Waals surface area (Å²) in [4.78, 5) is 8.14. The smallest absolute Gasteiger partial charge is 0.311 e. The Kier molecular flexibility index (Phi) is 2.99. The van der Waals surface area contributed by atoms with E-state index in [1.807, 2.05) is 29.6 Å². The molecule has 0 unspecified atom stereocenters. The Morgan fingerprint density at radius 2 is 2.13 bits per heavy atom. The van der Waals surface area contributed by atoms with Gasteiger partial charge in [0.05, 0.1) is 21.2 Å². The highest BCUT2D eigenvalue weighted by molar-refractivity contribution is 5.74. The van der Waals surface area contributed by atoms with Crippen molar-refractivity contribution in [3.63, 3.8) is 0 Å². The SMILES string of the molecule is COc1nc(N)nc2c1n(C)c[n+]2C.[Cl-]. The van der Waals surface area contributed by atoms with E-state index in [9.17, 15) is 0 Å². The molecule has 7 heteroatoms. The van der Waals surface area contributed by atoms with Crippen LogP contribution < -0.4 is 27.4 Å². The Bertz CT molecular complexity index is 495. The van der Waals surface area contributed by atoms with Gasteiger partial charge in [0.2, 0.25) is 5.52 Å². The molecule has 6 nitrogen and oxygen atoms in total. The maximum Gasteiger partial charge on any atom is 0.311 e. The molecule has 2 heterocycles. The first-order valence-electron chi connectivity index (χ1n) is 4.15. The number of halogens is 1. The summed E-state index contributed by atoms with van der Waals surface area (Å²) >= 11 is 0. The van der Waals surface area contributed by atoms with Gasteiger partial charge in [0.1, 0.15) is 0 Å². The summed E-state index contributed by atoms with van der Waals surface area (Å²) in [5, 5.41) is 0. The van der Waals surface area contributed by atoms with E-state index >= 15 is 0 Å². The van der Waals surface area contributed by atoms with Crippen LogP contribution in [0.5, 0.6) is 5.88 Å². The number of hydrogen-bond acceptors (Lipinski definition) is 4. The zero-order valence-corrected chi connectivity index (χ0v) is 9.49. The van der Waals surface area contributed by atoms with Crippen LogP contribution in [-0.4, -0.2) is 21.6 Å². The first-order valence-corrected chi connectivity index (χ1v) is 4.15. The number of nitrogen functional groups attached to an aromatic ring is 1. The number of rotatable bonds is 1. The monoisotopic (exact) mass is 229 g/mol. The van der Waals surface area contributed by atoms with Gasteiger partial charge in [-0.25, -0.2) is 4.57 Å². The van der Waals surface area contributed by atoms with Crippen molar-refractivity contribution < 1.29 is 21.7 Å². The standard InChI is InChI=1S/C8H12N5O.ClH/c1-12-4-13(2)6-5(12)7(14-3)11-8(9)10-6;/h4H,1-3H3,(H2,9,10,11);1H/q+1;/p-1. The van der Waals surface area contributed by atoms with Gasteiger partial charge in [0, 0.05) is 0 Å². The van der Waals surface area contributed by atoms with Crippen LogP contribution in [0.3, 0.4) is 0 Å². The van der Waals surface area contributed by atoms with Crippen molar-refractivity contribution in [2.75, 3.05) is 12.8 Å². The van der Waals surface area contributed by atoms with Crippen molar-refractivity contribution in [2.45, 2.75) is 0 Å². The number of aromatic nitrogens is 4. The highest BCUT2D eigenvalue weighted by Crippen LogP contribution is 2.19. The van der Waals surface area contributed by atoms with E-state index in [1.165, 1.54) is 0 Å². The number of anilines is 1. The van der Waals surface area contributed by atoms with Crippen molar-refractivity contribution in [3.05, 3.63) is 6.33 Å². The second kappa shape index (κ2) is 3.90. The molecule has 0 atom stereocenters. The van der Waals surface area contributed by atoms with Crippen molar-refractivity contribution in [3.8, 4) is 5.88 Å². The van der Waals surface area contributed by atoms with Crippen LogP contribution in [0.4, 0.5) is 5.95 Å². The summed E-state index contributed by atoms with van der Waals surface area (Å²) in [5.41, 5.74) is 7.15. The molecule has 0 aliphatic carbocycles. The minimum absolute atomic E-state index is 0. The highest BCUT2D eigenvalue weighted by atomic mass is 35.5. The number of methoxy groups -OCH3 is 1. The van der Waals surface area contributed by atoms with Gasteiger partial charge in [-0.2, -0.15) is 4.98 Å². The average molecular weight is 230 g/mol. The van der Waals surface area contributed by atoms with E-state index in [4.69, 9.17) is 10.5 Å². The van der Waals surface area contributed by atoms with E-state index in [0.29, 0.717) is 5.88 Å². The second-order valence-electron chi connectivity index (χ2n) is 3.10. The number of imidazole rings is 1. The lowest BCUT2D eigenvalue weighted by Crippen LogP contribution is -3.00. The molecular formula is C8H12ClN5O. The molecule has 82 valence electrons. The number of aryl methyl sites for hydroxylation is 2. The van der Waals surface area contributed by atoms with Gasteiger partial charge in [-0.15, -0.1) is 0 Å². The van der Waals surface area contributed by atoms with Gasteiger partial charge in [-0.3, -0.25) is 4.57 Å². The van der Waals surface area contributed by atoms with Crippen molar-refractivity contribution in [1.82, 2.24) is 14.5 Å². The molecule has 0 amide bonds. The van der Waals surface area contributed by atoms with Crippen LogP contribution in [0, 0.1) is 0 Å². The predicted molar refractivity (Wildman–Crippen MR) is 50.6 cm³/mol. The van der Waals surface area contributed by atoms with Gasteiger partial charge in [0.15, 0.2) is 6.33 Å². The lowest BCUT2D eigenvalue weighted by molar-refractivity contribution is -0.647. The summed E-state index contributed by atoms with van der Waals surface area (Å²) in [6.07, 6.45) is 1.89. The Morgan fingerprint density at radius 3 is 2.73 bits per heavy atom. The van der Waals surface area contributed by atoms with Crippen molar-refractivity contribution in [2.24, 2.45) is 14.1 Å². The molecule has 2 N–H and O–H groups in total. The zero-order chi connectivity index (χ0) is 10.3. The Balaban J connectivity index is 0.00000112. The quantitative estimate of drug-likeness (QED) is 0.513. The molecule has 0 aliphatic rings. The fourth-order valence-electron chi connectivity index (χ4n) is 1.51. The van der Waals surface area contributed by atoms with Crippen LogP contribution >= 0.6 is 0 Å². The molecular weight excluding hydrogens is 218 g/mol. The largest absolute Gasteiger partial charge is 1.00 e. The minimum Gasteiger partial charge on any atom is -1.00 e. The topological polar surface area (TPSA) is 69.8 Å². The zero-order valence-electron chi connectivity index (χ0n) is 8.73. The van der Waals surface area contributed by atoms with Crippen LogP contribution in [0.15, 0.2) is 6.33 Å². The molecule has 2 aromatic rings. The molecule has 2 aromatic heterocycles. The van der Waals surface area contributed by atoms with Gasteiger partial charge < -0.3 is 22.9 Å². The van der Waals surface area contributed by atoms with Crippen LogP contribution in [0.2, 0.25) is 0 Å². The van der Waals surface area contributed by atoms with Gasteiger partial charge in [0.25, 0.3) is 5.88 Å². The number of nitrogens with two attached hydrogens (primary N) is 1. The van der Waals surface area contributed by atoms with Crippen LogP contribution in [0.25, 0.3) is 11.2 Å². The lowest BCUT2D eigenvalue weighted by Gasteiger charge is -1.97. The van der Waals surface area contributed by atoms with Gasteiger partial charge in [-0.1, -0.05) is 4.98 Å². The maximum atomic E-state index is 5.55. The maximum absolute atomic E-state index is 5.55. The molecule has 0 aliphatic heterocycles. The summed E-state index contributed by atoms with van der Waals surface area (Å²) < 4.78 is 8.90. The number of ether oxygens (including phenoxy) is 1. The fraction of sp³-hybridized carbons (Fsp3) is 0.375. The normalized spacial score (nSPS) is 10.1. The van der Waals surface area contributed by atoms with E-state index in [2.05, 4.69) is 9.97 Å². The van der Waals surface area contributed by atoms with E-state index in [-0.39, 0.29) is 18.4 Å². The van der Waals surface area contributed by atoms with Crippen molar-refractivity contribution in [1.29, 1.82) is 0 Å². The average Bonchev–Trinajstić information content (AvgIpc) is 2.41. The summed E-state index contributed by atoms with van der Waals surface area (Å²) in [6, 6.07) is 0. The Labute approximate surface area is 93.1 Å². The molecule has 0 radical (unpaired) electrons. The highest BCUT2D eigenvalue weighted by Gasteiger charge is 2.19. The third-order valence-electron chi connectivity index (χ3n) is 2.08. The van der Waals surface area contributed by atoms with E-state index in [0.717, 1.165) is 11.2 Å². The molecule has 0 aromatic carbocycles. The van der Waals surface area contributed by atoms with Crippen LogP contribution in [-0.2, 0) is 14.1 Å². The summed E-state index contributed by atoms with van der Waals surface area (Å²) in [6.45, 7) is 0. The predicted octanol–water partition coefficient (Wildman–Crippen LogP) is -3.61. The Hall–Kier alpha value is -1.56. The summed E-state index contributed by atoms with van der Waals surface area (Å²) in [7, 11) is 5.37. The van der Waals surface area contributed by atoms with E-state index in [1.54, 1.807) is 7.11 Å². The molecule has 0 saturated heterocycles. The molecule has 0 spiro atoms. The lowest BCUT2D eigenvalue weighted by atomic mass is 10.5. The third-order valence-corrected chi connectivity index (χ3v) is 2.08. The number of nitrogens with zero attached hydrogens (tertiary/aromatic N) is 4. The van der Waals surface area contributed by atoms with Crippen LogP contribution in [0.1, 0.15) is 0 Å². The first kappa shape index (κ1) is 11.5. The first-order chi connectivity index (χ1) is 6.63. The molecule has 2 rings (SSSR count). The number of hydrogen-bond donors (Lipinski definition) is 1. The Morgan fingerprint density at radius 1 is 1.47 bits per heavy atom. The third kappa shape index (κ3) is 1.68. The summed E-state index contributed by atoms with van der Waals surface area (Å²) in [5.74, 6) is 0.715. The van der Waals surface area contributed by atoms with Gasteiger partial charge >= 0.3 is 11.6 Å². The van der Waals surface area contributed by atoms with Gasteiger partial charge in [-0.05, 0) is 0 Å². The minimum atomic E-state index is 0.